The number of urea groups is 1. The number of β-amino-alcohol motifs (C(OH)–C–C–N with tert-alkyl or cyclic N) is 1. The van der Waals surface area contributed by atoms with Crippen molar-refractivity contribution in [3.05, 3.63) is 57.8 Å². The van der Waals surface area contributed by atoms with Crippen LogP contribution in [-0.2, 0) is 13.0 Å². The van der Waals surface area contributed by atoms with E-state index in [1.165, 1.54) is 22.5 Å². The van der Waals surface area contributed by atoms with E-state index in [9.17, 15) is 14.7 Å². The Labute approximate surface area is 187 Å². The highest BCUT2D eigenvalue weighted by Gasteiger charge is 2.24. The lowest BCUT2D eigenvalue weighted by Gasteiger charge is -2.30. The van der Waals surface area contributed by atoms with Crippen LogP contribution in [0.1, 0.15) is 27.2 Å². The van der Waals surface area contributed by atoms with Crippen LogP contribution in [0.3, 0.4) is 0 Å². The third-order valence-corrected chi connectivity index (χ3v) is 6.83. The first-order chi connectivity index (χ1) is 15.1. The Morgan fingerprint density at radius 2 is 1.77 bits per heavy atom. The Kier molecular flexibility index (Phi) is 7.21. The SMILES string of the molecule is O=C(NCC(O)CN1CCc2ccccc2C1)N1CCCN(C(=O)c2cccs2)CC1. The van der Waals surface area contributed by atoms with E-state index in [1.807, 2.05) is 22.4 Å². The van der Waals surface area contributed by atoms with Crippen LogP contribution in [0.25, 0.3) is 0 Å². The van der Waals surface area contributed by atoms with Crippen LogP contribution in [0, 0.1) is 0 Å². The van der Waals surface area contributed by atoms with Crippen molar-refractivity contribution in [1.82, 2.24) is 20.0 Å². The molecule has 1 aromatic carbocycles. The summed E-state index contributed by atoms with van der Waals surface area (Å²) in [5.41, 5.74) is 2.70. The van der Waals surface area contributed by atoms with Gasteiger partial charge in [-0.3, -0.25) is 9.69 Å². The maximum absolute atomic E-state index is 12.6. The topological polar surface area (TPSA) is 76.1 Å². The third kappa shape index (κ3) is 5.64. The Balaban J connectivity index is 1.20. The molecule has 0 saturated carbocycles. The molecule has 2 aliphatic heterocycles. The molecule has 2 N–H and O–H groups in total. The van der Waals surface area contributed by atoms with E-state index >= 15 is 0 Å². The average Bonchev–Trinajstić information content (AvgIpc) is 3.21. The lowest BCUT2D eigenvalue weighted by Crippen LogP contribution is -2.47. The standard InChI is InChI=1S/C23H30N4O3S/c28-20(17-25-11-8-18-5-1-2-6-19(18)16-25)15-24-23(30)27-10-4-9-26(12-13-27)22(29)21-7-3-14-31-21/h1-3,5-7,14,20,28H,4,8-13,15-17H2,(H,24,30). The molecule has 0 bridgehead atoms. The molecular weight excluding hydrogens is 412 g/mol. The number of hydrogen-bond acceptors (Lipinski definition) is 5. The maximum Gasteiger partial charge on any atom is 0.317 e. The smallest absolute Gasteiger partial charge is 0.317 e. The summed E-state index contributed by atoms with van der Waals surface area (Å²) in [7, 11) is 0. The van der Waals surface area contributed by atoms with Crippen LogP contribution in [-0.4, -0.2) is 83.7 Å². The number of hydrogen-bond donors (Lipinski definition) is 2. The second kappa shape index (κ2) is 10.3. The minimum absolute atomic E-state index is 0.0378. The number of nitrogens with one attached hydrogen (secondary N) is 1. The van der Waals surface area contributed by atoms with Gasteiger partial charge in [0.2, 0.25) is 0 Å². The monoisotopic (exact) mass is 442 g/mol. The predicted octanol–water partition coefficient (Wildman–Crippen LogP) is 2.02. The van der Waals surface area contributed by atoms with E-state index in [0.29, 0.717) is 32.7 Å². The lowest BCUT2D eigenvalue weighted by molar-refractivity contribution is 0.0767. The van der Waals surface area contributed by atoms with Crippen LogP contribution in [0.4, 0.5) is 4.79 Å². The molecular formula is C23H30N4O3S. The first-order valence-corrected chi connectivity index (χ1v) is 11.8. The van der Waals surface area contributed by atoms with Crippen LogP contribution >= 0.6 is 11.3 Å². The molecule has 8 heteroatoms. The first-order valence-electron chi connectivity index (χ1n) is 10.9. The minimum Gasteiger partial charge on any atom is -0.390 e. The van der Waals surface area contributed by atoms with Gasteiger partial charge in [0.05, 0.1) is 11.0 Å². The van der Waals surface area contributed by atoms with Gasteiger partial charge < -0.3 is 20.2 Å². The number of carbonyl (C=O) groups excluding carboxylic acids is 2. The molecule has 1 atom stereocenters. The number of aliphatic hydroxyl groups is 1. The summed E-state index contributed by atoms with van der Waals surface area (Å²) < 4.78 is 0. The zero-order valence-electron chi connectivity index (χ0n) is 17.7. The molecule has 0 aliphatic carbocycles. The van der Waals surface area contributed by atoms with Crippen LogP contribution in [0.15, 0.2) is 41.8 Å². The van der Waals surface area contributed by atoms with Gasteiger partial charge in [-0.2, -0.15) is 0 Å². The summed E-state index contributed by atoms with van der Waals surface area (Å²) in [6, 6.07) is 12.0. The number of rotatable bonds is 5. The molecule has 1 aromatic heterocycles. The molecule has 2 aromatic rings. The quantitative estimate of drug-likeness (QED) is 0.743. The van der Waals surface area contributed by atoms with Crippen molar-refractivity contribution in [2.75, 3.05) is 45.8 Å². The number of fused-ring (bicyclic) bond motifs is 1. The Bertz CT molecular complexity index is 889. The van der Waals surface area contributed by atoms with Gasteiger partial charge in [-0.05, 0) is 35.4 Å². The molecule has 1 unspecified atom stereocenters. The van der Waals surface area contributed by atoms with Crippen molar-refractivity contribution in [3.8, 4) is 0 Å². The number of nitrogens with zero attached hydrogens (tertiary/aromatic N) is 3. The molecule has 0 radical (unpaired) electrons. The molecule has 166 valence electrons. The molecule has 1 saturated heterocycles. The fourth-order valence-electron chi connectivity index (χ4n) is 4.27. The number of amides is 3. The normalized spacial score (nSPS) is 18.2. The Morgan fingerprint density at radius 3 is 2.58 bits per heavy atom. The van der Waals surface area contributed by atoms with Crippen LogP contribution in [0.5, 0.6) is 0 Å². The highest BCUT2D eigenvalue weighted by Crippen LogP contribution is 2.18. The third-order valence-electron chi connectivity index (χ3n) is 5.97. The van der Waals surface area contributed by atoms with Crippen molar-refractivity contribution in [2.24, 2.45) is 0 Å². The van der Waals surface area contributed by atoms with E-state index < -0.39 is 6.10 Å². The van der Waals surface area contributed by atoms with Gasteiger partial charge in [0, 0.05) is 52.4 Å². The maximum atomic E-state index is 12.6. The van der Waals surface area contributed by atoms with Crippen molar-refractivity contribution < 1.29 is 14.7 Å². The summed E-state index contributed by atoms with van der Waals surface area (Å²) in [6.45, 7) is 4.81. The van der Waals surface area contributed by atoms with Gasteiger partial charge in [-0.15, -0.1) is 11.3 Å². The van der Waals surface area contributed by atoms with E-state index in [2.05, 4.69) is 34.5 Å². The predicted molar refractivity (Wildman–Crippen MR) is 121 cm³/mol. The number of aliphatic hydroxyl groups excluding tert-OH is 1. The molecule has 3 heterocycles. The molecule has 2 aliphatic rings. The second-order valence-corrected chi connectivity index (χ2v) is 9.15. The molecule has 3 amide bonds. The van der Waals surface area contributed by atoms with Crippen molar-refractivity contribution in [3.63, 3.8) is 0 Å². The Morgan fingerprint density at radius 1 is 1.00 bits per heavy atom. The second-order valence-electron chi connectivity index (χ2n) is 8.20. The molecule has 4 rings (SSSR count). The minimum atomic E-state index is -0.613. The van der Waals surface area contributed by atoms with E-state index in [1.54, 1.807) is 4.90 Å². The van der Waals surface area contributed by atoms with E-state index in [0.717, 1.165) is 30.8 Å². The van der Waals surface area contributed by atoms with Gasteiger partial charge in [0.15, 0.2) is 0 Å². The van der Waals surface area contributed by atoms with Crippen molar-refractivity contribution >= 4 is 23.3 Å². The molecule has 31 heavy (non-hydrogen) atoms. The Hall–Kier alpha value is -2.42. The van der Waals surface area contributed by atoms with Crippen molar-refractivity contribution in [2.45, 2.75) is 25.5 Å². The summed E-state index contributed by atoms with van der Waals surface area (Å²) in [5.74, 6) is 0.0378. The van der Waals surface area contributed by atoms with E-state index in [4.69, 9.17) is 0 Å². The largest absolute Gasteiger partial charge is 0.390 e. The molecule has 7 nitrogen and oxygen atoms in total. The summed E-state index contributed by atoms with van der Waals surface area (Å²) >= 11 is 1.44. The van der Waals surface area contributed by atoms with Gasteiger partial charge in [-0.25, -0.2) is 4.79 Å². The highest BCUT2D eigenvalue weighted by molar-refractivity contribution is 7.12. The fraction of sp³-hybridized carbons (Fsp3) is 0.478. The highest BCUT2D eigenvalue weighted by atomic mass is 32.1. The zero-order chi connectivity index (χ0) is 21.6. The van der Waals surface area contributed by atoms with E-state index in [-0.39, 0.29) is 18.5 Å². The lowest BCUT2D eigenvalue weighted by atomic mass is 10.00. The molecule has 1 fully saturated rings. The fourth-order valence-corrected chi connectivity index (χ4v) is 4.96. The summed E-state index contributed by atoms with van der Waals surface area (Å²) in [5, 5.41) is 15.2. The zero-order valence-corrected chi connectivity index (χ0v) is 18.5. The van der Waals surface area contributed by atoms with Crippen LogP contribution < -0.4 is 5.32 Å². The van der Waals surface area contributed by atoms with Gasteiger partial charge in [-0.1, -0.05) is 30.3 Å². The summed E-state index contributed by atoms with van der Waals surface area (Å²) in [6.07, 6.45) is 1.13. The van der Waals surface area contributed by atoms with Crippen molar-refractivity contribution in [1.29, 1.82) is 0 Å². The van der Waals surface area contributed by atoms with Crippen LogP contribution in [0.2, 0.25) is 0 Å². The number of thiophene rings is 1. The van der Waals surface area contributed by atoms with Gasteiger partial charge >= 0.3 is 6.03 Å². The molecule has 0 spiro atoms. The summed E-state index contributed by atoms with van der Waals surface area (Å²) in [4.78, 5) is 31.7. The number of carbonyl (C=O) groups is 2. The number of benzene rings is 1. The van der Waals surface area contributed by atoms with Gasteiger partial charge in [0.1, 0.15) is 0 Å². The van der Waals surface area contributed by atoms with Gasteiger partial charge in [0.25, 0.3) is 5.91 Å². The first kappa shape index (κ1) is 21.8. The average molecular weight is 443 g/mol.